The van der Waals surface area contributed by atoms with E-state index in [-0.39, 0.29) is 24.4 Å². The Labute approximate surface area is 157 Å². The number of halogens is 2. The zero-order valence-electron chi connectivity index (χ0n) is 14.2. The van der Waals surface area contributed by atoms with Gasteiger partial charge in [-0.1, -0.05) is 11.6 Å². The molecule has 0 radical (unpaired) electrons. The number of ether oxygens (including phenoxy) is 1. The van der Waals surface area contributed by atoms with E-state index < -0.39 is 6.10 Å². The number of nitrogens with two attached hydrogens (primary N) is 1. The minimum absolute atomic E-state index is 0. The molecule has 9 heteroatoms. The first-order chi connectivity index (χ1) is 11.5. The van der Waals surface area contributed by atoms with E-state index in [2.05, 4.69) is 20.2 Å². The first-order valence-electron chi connectivity index (χ1n) is 8.01. The molecular formula is C16H23Cl2N5O2. The second-order valence-corrected chi connectivity index (χ2v) is 6.50. The van der Waals surface area contributed by atoms with Crippen molar-refractivity contribution in [3.63, 3.8) is 0 Å². The lowest BCUT2D eigenvalue weighted by atomic mass is 10.1. The number of pyridine rings is 1. The minimum atomic E-state index is -0.547. The molecule has 1 fully saturated rings. The summed E-state index contributed by atoms with van der Waals surface area (Å²) >= 11 is 6.44. The molecular weight excluding hydrogens is 365 g/mol. The Balaban J connectivity index is 0.00000225. The van der Waals surface area contributed by atoms with E-state index in [0.29, 0.717) is 16.4 Å². The van der Waals surface area contributed by atoms with Crippen LogP contribution in [0.3, 0.4) is 0 Å². The summed E-state index contributed by atoms with van der Waals surface area (Å²) in [7, 11) is 1.50. The number of hydrogen-bond acceptors (Lipinski definition) is 5. The number of methoxy groups -OCH3 is 1. The minimum Gasteiger partial charge on any atom is -0.372 e. The summed E-state index contributed by atoms with van der Waals surface area (Å²) < 4.78 is 5.07. The van der Waals surface area contributed by atoms with Crippen LogP contribution in [0.5, 0.6) is 0 Å². The molecule has 1 saturated heterocycles. The number of fused-ring (bicyclic) bond motifs is 1. The lowest BCUT2D eigenvalue weighted by Gasteiger charge is -2.33. The molecule has 0 saturated carbocycles. The van der Waals surface area contributed by atoms with Crippen molar-refractivity contribution >= 4 is 52.3 Å². The van der Waals surface area contributed by atoms with Crippen LogP contribution in [0.15, 0.2) is 12.4 Å². The van der Waals surface area contributed by atoms with E-state index >= 15 is 0 Å². The van der Waals surface area contributed by atoms with Crippen molar-refractivity contribution in [3.8, 4) is 0 Å². The number of aromatic nitrogens is 2. The van der Waals surface area contributed by atoms with Crippen molar-refractivity contribution < 1.29 is 9.53 Å². The Morgan fingerprint density at radius 1 is 1.60 bits per heavy atom. The van der Waals surface area contributed by atoms with Gasteiger partial charge in [-0.05, 0) is 19.8 Å². The molecule has 2 atom stereocenters. The first kappa shape index (κ1) is 19.8. The number of hydrogen-bond donors (Lipinski definition) is 3. The van der Waals surface area contributed by atoms with E-state index in [4.69, 9.17) is 22.1 Å². The van der Waals surface area contributed by atoms with Crippen LogP contribution in [0.1, 0.15) is 19.8 Å². The molecule has 0 unspecified atom stereocenters. The number of carbonyl (C=O) groups excluding carboxylic acids is 1. The lowest BCUT2D eigenvalue weighted by molar-refractivity contribution is -0.124. The summed E-state index contributed by atoms with van der Waals surface area (Å²) in [5.41, 5.74) is 8.29. The number of amides is 1. The third kappa shape index (κ3) is 4.00. The highest BCUT2D eigenvalue weighted by Crippen LogP contribution is 2.38. The highest BCUT2D eigenvalue weighted by atomic mass is 35.5. The third-order valence-electron chi connectivity index (χ3n) is 4.38. The molecule has 1 aliphatic heterocycles. The van der Waals surface area contributed by atoms with E-state index in [1.54, 1.807) is 19.3 Å². The average molecular weight is 388 g/mol. The van der Waals surface area contributed by atoms with Gasteiger partial charge >= 0.3 is 0 Å². The van der Waals surface area contributed by atoms with Gasteiger partial charge in [0.05, 0.1) is 28.0 Å². The Morgan fingerprint density at radius 2 is 2.36 bits per heavy atom. The van der Waals surface area contributed by atoms with Gasteiger partial charge in [0.25, 0.3) is 5.91 Å². The van der Waals surface area contributed by atoms with Gasteiger partial charge in [-0.3, -0.25) is 4.79 Å². The SMILES string of the molecule is CO[C@H](C)C(=O)Nc1c[nH]c2ncc(Cl)c(N3CCC[C@@H](N)C3)c12.Cl. The van der Waals surface area contributed by atoms with Gasteiger partial charge in [0.15, 0.2) is 0 Å². The quantitative estimate of drug-likeness (QED) is 0.748. The molecule has 0 spiro atoms. The Kier molecular flexibility index (Phi) is 6.51. The summed E-state index contributed by atoms with van der Waals surface area (Å²) in [5, 5.41) is 4.23. The van der Waals surface area contributed by atoms with Crippen LogP contribution < -0.4 is 16.0 Å². The normalized spacial score (nSPS) is 18.7. The van der Waals surface area contributed by atoms with Gasteiger partial charge in [0.1, 0.15) is 11.8 Å². The maximum absolute atomic E-state index is 12.2. The molecule has 2 aromatic rings. The topological polar surface area (TPSA) is 96.3 Å². The van der Waals surface area contributed by atoms with E-state index in [1.165, 1.54) is 7.11 Å². The largest absolute Gasteiger partial charge is 0.372 e. The van der Waals surface area contributed by atoms with Crippen molar-refractivity contribution in [2.24, 2.45) is 5.73 Å². The molecule has 7 nitrogen and oxygen atoms in total. The second-order valence-electron chi connectivity index (χ2n) is 6.10. The number of nitrogens with zero attached hydrogens (tertiary/aromatic N) is 2. The lowest BCUT2D eigenvalue weighted by Crippen LogP contribution is -2.43. The van der Waals surface area contributed by atoms with Gasteiger partial charge in [-0.2, -0.15) is 0 Å². The maximum Gasteiger partial charge on any atom is 0.253 e. The molecule has 3 heterocycles. The van der Waals surface area contributed by atoms with Gasteiger partial charge in [-0.15, -0.1) is 12.4 Å². The molecule has 138 valence electrons. The predicted molar refractivity (Wildman–Crippen MR) is 103 cm³/mol. The number of piperidine rings is 1. The summed E-state index contributed by atoms with van der Waals surface area (Å²) in [6, 6.07) is 0.114. The molecule has 1 aliphatic rings. The fraction of sp³-hybridized carbons (Fsp3) is 0.500. The Bertz CT molecular complexity index is 751. The van der Waals surface area contributed by atoms with E-state index in [1.807, 2.05) is 0 Å². The van der Waals surface area contributed by atoms with Crippen LogP contribution >= 0.6 is 24.0 Å². The number of nitrogens with one attached hydrogen (secondary N) is 2. The van der Waals surface area contributed by atoms with Crippen LogP contribution in [-0.2, 0) is 9.53 Å². The number of carbonyl (C=O) groups is 1. The molecule has 25 heavy (non-hydrogen) atoms. The first-order valence-corrected chi connectivity index (χ1v) is 8.38. The highest BCUT2D eigenvalue weighted by Gasteiger charge is 2.24. The molecule has 4 N–H and O–H groups in total. The zero-order valence-corrected chi connectivity index (χ0v) is 15.8. The van der Waals surface area contributed by atoms with Gasteiger partial charge in [0, 0.05) is 32.4 Å². The van der Waals surface area contributed by atoms with Crippen molar-refractivity contribution in [2.45, 2.75) is 31.9 Å². The Hall–Kier alpha value is -1.54. The van der Waals surface area contributed by atoms with Crippen molar-refractivity contribution in [1.82, 2.24) is 9.97 Å². The molecule has 3 rings (SSSR count). The summed E-state index contributed by atoms with van der Waals surface area (Å²) in [6.45, 7) is 3.30. The highest BCUT2D eigenvalue weighted by molar-refractivity contribution is 6.35. The van der Waals surface area contributed by atoms with Gasteiger partial charge < -0.3 is 25.7 Å². The van der Waals surface area contributed by atoms with E-state index in [0.717, 1.165) is 37.0 Å². The molecule has 1 amide bonds. The van der Waals surface area contributed by atoms with Crippen LogP contribution in [0.4, 0.5) is 11.4 Å². The molecule has 2 aromatic heterocycles. The molecule has 0 aliphatic carbocycles. The molecule has 0 bridgehead atoms. The van der Waals surface area contributed by atoms with Crippen molar-refractivity contribution in [1.29, 1.82) is 0 Å². The van der Waals surface area contributed by atoms with Gasteiger partial charge in [-0.25, -0.2) is 4.98 Å². The monoisotopic (exact) mass is 387 g/mol. The number of H-pyrrole nitrogens is 1. The average Bonchev–Trinajstić information content (AvgIpc) is 2.96. The van der Waals surface area contributed by atoms with Crippen LogP contribution in [0, 0.1) is 0 Å². The Morgan fingerprint density at radius 3 is 3.04 bits per heavy atom. The zero-order chi connectivity index (χ0) is 17.3. The number of rotatable bonds is 4. The smallest absolute Gasteiger partial charge is 0.253 e. The maximum atomic E-state index is 12.2. The third-order valence-corrected chi connectivity index (χ3v) is 4.66. The van der Waals surface area contributed by atoms with Crippen molar-refractivity contribution in [3.05, 3.63) is 17.4 Å². The summed E-state index contributed by atoms with van der Waals surface area (Å²) in [4.78, 5) is 21.7. The van der Waals surface area contributed by atoms with Crippen LogP contribution in [0.2, 0.25) is 5.02 Å². The number of anilines is 2. The fourth-order valence-electron chi connectivity index (χ4n) is 3.02. The summed E-state index contributed by atoms with van der Waals surface area (Å²) in [6.07, 6.45) is 4.81. The predicted octanol–water partition coefficient (Wildman–Crippen LogP) is 2.54. The fourth-order valence-corrected chi connectivity index (χ4v) is 3.28. The van der Waals surface area contributed by atoms with Crippen LogP contribution in [-0.4, -0.2) is 48.2 Å². The van der Waals surface area contributed by atoms with Crippen molar-refractivity contribution in [2.75, 3.05) is 30.4 Å². The van der Waals surface area contributed by atoms with Gasteiger partial charge in [0.2, 0.25) is 0 Å². The second kappa shape index (κ2) is 8.23. The summed E-state index contributed by atoms with van der Waals surface area (Å²) in [5.74, 6) is -0.223. The van der Waals surface area contributed by atoms with E-state index in [9.17, 15) is 4.79 Å². The molecule has 0 aromatic carbocycles. The van der Waals surface area contributed by atoms with Crippen LogP contribution in [0.25, 0.3) is 11.0 Å². The number of aromatic amines is 1. The standard InChI is InChI=1S/C16H22ClN5O2.ClH/c1-9(24-2)16(23)21-12-7-20-15-13(12)14(11(17)6-19-15)22-5-3-4-10(18)8-22;/h6-7,9-10H,3-5,8,18H2,1-2H3,(H,19,20)(H,21,23);1H/t9-,10-;/m1./s1.